The lowest BCUT2D eigenvalue weighted by Gasteiger charge is -2.43. The fourth-order valence-corrected chi connectivity index (χ4v) is 2.68. The monoisotopic (exact) mass is 248 g/mol. The van der Waals surface area contributed by atoms with E-state index in [0.717, 1.165) is 26.2 Å². The number of piperazine rings is 1. The second-order valence-electron chi connectivity index (χ2n) is 6.23. The summed E-state index contributed by atoms with van der Waals surface area (Å²) < 4.78 is 0. The topological polar surface area (TPSA) is 35.5 Å². The van der Waals surface area contributed by atoms with E-state index < -0.39 is 0 Å². The van der Waals surface area contributed by atoms with E-state index in [4.69, 9.17) is 0 Å². The number of nitrogens with zero attached hydrogens (tertiary/aromatic N) is 1. The Bertz CT molecular complexity index is 398. The van der Waals surface area contributed by atoms with Gasteiger partial charge in [0.25, 0.3) is 0 Å². The van der Waals surface area contributed by atoms with Gasteiger partial charge >= 0.3 is 0 Å². The largest absolute Gasteiger partial charge is 0.508 e. The number of hydrogen-bond acceptors (Lipinski definition) is 3. The van der Waals surface area contributed by atoms with Gasteiger partial charge in [-0.05, 0) is 23.1 Å². The first kappa shape index (κ1) is 13.4. The lowest BCUT2D eigenvalue weighted by Crippen LogP contribution is -2.56. The highest BCUT2D eigenvalue weighted by Crippen LogP contribution is 2.27. The highest BCUT2D eigenvalue weighted by Gasteiger charge is 2.32. The Morgan fingerprint density at radius 3 is 2.83 bits per heavy atom. The van der Waals surface area contributed by atoms with E-state index in [0.29, 0.717) is 11.8 Å². The molecule has 0 spiro atoms. The lowest BCUT2D eigenvalue weighted by molar-refractivity contribution is 0.0689. The Morgan fingerprint density at radius 2 is 2.17 bits per heavy atom. The van der Waals surface area contributed by atoms with E-state index in [9.17, 15) is 5.11 Å². The predicted molar refractivity (Wildman–Crippen MR) is 74.6 cm³/mol. The smallest absolute Gasteiger partial charge is 0.115 e. The van der Waals surface area contributed by atoms with Crippen LogP contribution in [0.3, 0.4) is 0 Å². The number of phenols is 1. The molecular weight excluding hydrogens is 224 g/mol. The average Bonchev–Trinajstić information content (AvgIpc) is 2.28. The van der Waals surface area contributed by atoms with Gasteiger partial charge in [-0.25, -0.2) is 0 Å². The van der Waals surface area contributed by atoms with Gasteiger partial charge in [-0.2, -0.15) is 0 Å². The van der Waals surface area contributed by atoms with Crippen LogP contribution in [0.2, 0.25) is 0 Å². The summed E-state index contributed by atoms with van der Waals surface area (Å²) in [5.41, 5.74) is 1.45. The van der Waals surface area contributed by atoms with E-state index in [-0.39, 0.29) is 5.41 Å². The number of nitrogens with one attached hydrogen (secondary N) is 1. The molecule has 3 nitrogen and oxygen atoms in total. The van der Waals surface area contributed by atoms with Crippen molar-refractivity contribution < 1.29 is 5.11 Å². The normalized spacial score (nSPS) is 22.1. The summed E-state index contributed by atoms with van der Waals surface area (Å²) in [7, 11) is 0. The number of rotatable bonds is 2. The zero-order chi connectivity index (χ0) is 13.2. The van der Waals surface area contributed by atoms with E-state index in [2.05, 4.69) is 37.1 Å². The standard InChI is InChI=1S/C15H24N2O/c1-15(2,3)14-10-16-7-8-17(14)11-12-5-4-6-13(18)9-12/h4-6,9,14,16,18H,7-8,10-11H2,1-3H3. The Morgan fingerprint density at radius 1 is 1.39 bits per heavy atom. The molecule has 0 aliphatic carbocycles. The van der Waals surface area contributed by atoms with Crippen LogP contribution < -0.4 is 5.32 Å². The molecule has 0 bridgehead atoms. The van der Waals surface area contributed by atoms with Crippen LogP contribution in [-0.2, 0) is 6.54 Å². The van der Waals surface area contributed by atoms with Gasteiger partial charge in [-0.3, -0.25) is 4.90 Å². The maximum absolute atomic E-state index is 9.54. The second-order valence-corrected chi connectivity index (χ2v) is 6.23. The Hall–Kier alpha value is -1.06. The highest BCUT2D eigenvalue weighted by atomic mass is 16.3. The second kappa shape index (κ2) is 5.29. The van der Waals surface area contributed by atoms with Crippen molar-refractivity contribution in [2.75, 3.05) is 19.6 Å². The molecule has 1 aliphatic rings. The molecule has 0 amide bonds. The van der Waals surface area contributed by atoms with Crippen molar-refractivity contribution in [1.82, 2.24) is 10.2 Å². The molecule has 2 rings (SSSR count). The van der Waals surface area contributed by atoms with Crippen LogP contribution in [0.15, 0.2) is 24.3 Å². The van der Waals surface area contributed by atoms with Crippen molar-refractivity contribution in [2.45, 2.75) is 33.4 Å². The molecule has 18 heavy (non-hydrogen) atoms. The van der Waals surface area contributed by atoms with Crippen LogP contribution >= 0.6 is 0 Å². The molecule has 2 N–H and O–H groups in total. The van der Waals surface area contributed by atoms with Crippen LogP contribution in [0, 0.1) is 5.41 Å². The predicted octanol–water partition coefficient (Wildman–Crippen LogP) is 2.21. The fraction of sp³-hybridized carbons (Fsp3) is 0.600. The fourth-order valence-electron chi connectivity index (χ4n) is 2.68. The van der Waals surface area contributed by atoms with Gasteiger partial charge in [0.2, 0.25) is 0 Å². The molecule has 1 aromatic carbocycles. The first-order valence-corrected chi connectivity index (χ1v) is 6.69. The number of hydrogen-bond donors (Lipinski definition) is 2. The van der Waals surface area contributed by atoms with E-state index in [1.807, 2.05) is 12.1 Å². The molecular formula is C15H24N2O. The third-order valence-electron chi connectivity index (χ3n) is 3.65. The number of aromatic hydroxyl groups is 1. The minimum absolute atomic E-state index is 0.268. The molecule has 0 saturated carbocycles. The Balaban J connectivity index is 2.10. The maximum atomic E-state index is 9.54. The molecule has 3 heteroatoms. The molecule has 1 unspecified atom stereocenters. The van der Waals surface area contributed by atoms with Crippen molar-refractivity contribution in [1.29, 1.82) is 0 Å². The molecule has 100 valence electrons. The zero-order valence-corrected chi connectivity index (χ0v) is 11.6. The van der Waals surface area contributed by atoms with E-state index in [1.54, 1.807) is 6.07 Å². The Kier molecular flexibility index (Phi) is 3.93. The average molecular weight is 248 g/mol. The summed E-state index contributed by atoms with van der Waals surface area (Å²) in [6.07, 6.45) is 0. The van der Waals surface area contributed by atoms with Crippen molar-refractivity contribution in [3.63, 3.8) is 0 Å². The van der Waals surface area contributed by atoms with Crippen LogP contribution in [0.5, 0.6) is 5.75 Å². The minimum Gasteiger partial charge on any atom is -0.508 e. The maximum Gasteiger partial charge on any atom is 0.115 e. The molecule has 1 heterocycles. The molecule has 0 radical (unpaired) electrons. The van der Waals surface area contributed by atoms with Crippen molar-refractivity contribution in [2.24, 2.45) is 5.41 Å². The summed E-state index contributed by atoms with van der Waals surface area (Å²) in [6, 6.07) is 8.12. The third-order valence-corrected chi connectivity index (χ3v) is 3.65. The highest BCUT2D eigenvalue weighted by molar-refractivity contribution is 5.27. The first-order valence-electron chi connectivity index (χ1n) is 6.69. The zero-order valence-electron chi connectivity index (χ0n) is 11.6. The summed E-state index contributed by atoms with van der Waals surface area (Å²) in [5.74, 6) is 0.356. The van der Waals surface area contributed by atoms with Gasteiger partial charge in [-0.15, -0.1) is 0 Å². The van der Waals surface area contributed by atoms with Gasteiger partial charge in [0.05, 0.1) is 0 Å². The van der Waals surface area contributed by atoms with E-state index in [1.165, 1.54) is 5.56 Å². The Labute approximate surface area is 110 Å². The molecule has 1 fully saturated rings. The molecule has 1 aromatic rings. The van der Waals surface area contributed by atoms with Gasteiger partial charge in [-0.1, -0.05) is 32.9 Å². The van der Waals surface area contributed by atoms with E-state index >= 15 is 0 Å². The molecule has 1 aliphatic heterocycles. The first-order chi connectivity index (χ1) is 8.47. The molecule has 1 atom stereocenters. The summed E-state index contributed by atoms with van der Waals surface area (Å²) in [5, 5.41) is 13.0. The number of benzene rings is 1. The third kappa shape index (κ3) is 3.24. The van der Waals surface area contributed by atoms with Crippen LogP contribution in [0.4, 0.5) is 0 Å². The molecule has 0 aromatic heterocycles. The SMILES string of the molecule is CC(C)(C)C1CNCCN1Cc1cccc(O)c1. The van der Waals surface area contributed by atoms with Crippen molar-refractivity contribution >= 4 is 0 Å². The van der Waals surface area contributed by atoms with Crippen LogP contribution in [0.1, 0.15) is 26.3 Å². The summed E-state index contributed by atoms with van der Waals surface area (Å²) in [6.45, 7) is 10.9. The van der Waals surface area contributed by atoms with Gasteiger partial charge in [0.1, 0.15) is 5.75 Å². The minimum atomic E-state index is 0.268. The van der Waals surface area contributed by atoms with Crippen LogP contribution in [-0.4, -0.2) is 35.7 Å². The van der Waals surface area contributed by atoms with Gasteiger partial charge < -0.3 is 10.4 Å². The van der Waals surface area contributed by atoms with Gasteiger partial charge in [0.15, 0.2) is 0 Å². The van der Waals surface area contributed by atoms with Crippen LogP contribution in [0.25, 0.3) is 0 Å². The lowest BCUT2D eigenvalue weighted by atomic mass is 9.84. The van der Waals surface area contributed by atoms with Gasteiger partial charge in [0, 0.05) is 32.2 Å². The van der Waals surface area contributed by atoms with Crippen molar-refractivity contribution in [3.8, 4) is 5.75 Å². The quantitative estimate of drug-likeness (QED) is 0.842. The molecule has 1 saturated heterocycles. The summed E-state index contributed by atoms with van der Waals surface area (Å²) in [4.78, 5) is 2.52. The van der Waals surface area contributed by atoms with Crippen molar-refractivity contribution in [3.05, 3.63) is 29.8 Å². The number of phenolic OH excluding ortho intramolecular Hbond substituents is 1. The summed E-state index contributed by atoms with van der Waals surface area (Å²) >= 11 is 0.